The highest BCUT2D eigenvalue weighted by atomic mass is 16.8. The van der Waals surface area contributed by atoms with Crippen LogP contribution < -0.4 is 10.2 Å². The van der Waals surface area contributed by atoms with Gasteiger partial charge < -0.3 is 69.3 Å². The molecule has 9 N–H and O–H groups in total. The minimum atomic E-state index is -1.78. The summed E-state index contributed by atoms with van der Waals surface area (Å²) in [5.74, 6) is -3.14. The Labute approximate surface area is 230 Å². The van der Waals surface area contributed by atoms with Crippen LogP contribution in [0.4, 0.5) is 0 Å². The lowest BCUT2D eigenvalue weighted by atomic mass is 9.99. The highest BCUT2D eigenvalue weighted by Gasteiger charge is 2.49. The highest BCUT2D eigenvalue weighted by Crippen LogP contribution is 2.39. The summed E-state index contributed by atoms with van der Waals surface area (Å²) in [4.78, 5) is 13.7. The second-order valence-electron chi connectivity index (χ2n) is 9.79. The van der Waals surface area contributed by atoms with Gasteiger partial charge in [-0.05, 0) is 25.1 Å². The fourth-order valence-corrected chi connectivity index (χ4v) is 4.64. The first kappa shape index (κ1) is 28.8. The van der Waals surface area contributed by atoms with Crippen LogP contribution in [0.25, 0.3) is 22.3 Å². The molecule has 2 saturated heterocycles. The lowest BCUT2D eigenvalue weighted by Gasteiger charge is -2.44. The molecule has 0 bridgehead atoms. The number of aliphatic hydroxyl groups excluding tert-OH is 5. The number of hydrogen-bond donors (Lipinski definition) is 9. The molecule has 1 aromatic heterocycles. The molecule has 3 aromatic rings. The maximum absolute atomic E-state index is 13.7. The fraction of sp³-hybridized carbons (Fsp3) is 0.423. The van der Waals surface area contributed by atoms with E-state index in [1.165, 1.54) is 13.0 Å². The molecule has 2 fully saturated rings. The van der Waals surface area contributed by atoms with E-state index in [-0.39, 0.29) is 16.9 Å². The number of rotatable bonds is 5. The molecule has 0 spiro atoms. The molecule has 15 heteroatoms. The minimum absolute atomic E-state index is 0.00203. The van der Waals surface area contributed by atoms with Crippen molar-refractivity contribution in [3.05, 3.63) is 40.6 Å². The molecule has 0 saturated carbocycles. The van der Waals surface area contributed by atoms with E-state index >= 15 is 0 Å². The molecule has 3 heterocycles. The molecule has 2 aliphatic rings. The number of ether oxygens (including phenoxy) is 4. The number of phenolic OH excluding ortho intramolecular Hbond substituents is 4. The van der Waals surface area contributed by atoms with E-state index in [0.29, 0.717) is 0 Å². The van der Waals surface area contributed by atoms with Gasteiger partial charge in [-0.15, -0.1) is 0 Å². The Bertz CT molecular complexity index is 1490. The SMILES string of the molecule is C[C@@H]1O[C@H](Oc2c(-c3ccc(O)c(O)c3)oc3cc(O)cc(O)c3c2=O)[C@H](O[C@@H]2OC[C@H](O)[C@H](O)[C@H]2O)[C@H](O)[C@@H]1O. The molecule has 0 amide bonds. The van der Waals surface area contributed by atoms with Crippen molar-refractivity contribution in [2.75, 3.05) is 6.61 Å². The number of hydrogen-bond acceptors (Lipinski definition) is 15. The summed E-state index contributed by atoms with van der Waals surface area (Å²) in [6, 6.07) is 5.36. The molecule has 9 atom stereocenters. The van der Waals surface area contributed by atoms with E-state index in [1.54, 1.807) is 0 Å². The fourth-order valence-electron chi connectivity index (χ4n) is 4.64. The normalized spacial score (nSPS) is 32.2. The largest absolute Gasteiger partial charge is 0.508 e. The predicted octanol–water partition coefficient (Wildman–Crippen LogP) is -1.05. The van der Waals surface area contributed by atoms with Crippen LogP contribution in [0.2, 0.25) is 0 Å². The Morgan fingerprint density at radius 3 is 2.27 bits per heavy atom. The summed E-state index contributed by atoms with van der Waals surface area (Å²) in [7, 11) is 0. The topological polar surface area (TPSA) is 249 Å². The van der Waals surface area contributed by atoms with Gasteiger partial charge in [0, 0.05) is 17.7 Å². The number of phenols is 4. The molecule has 41 heavy (non-hydrogen) atoms. The zero-order valence-electron chi connectivity index (χ0n) is 21.3. The number of aromatic hydroxyl groups is 4. The third-order valence-electron chi connectivity index (χ3n) is 6.92. The summed E-state index contributed by atoms with van der Waals surface area (Å²) in [5.41, 5.74) is -1.24. The van der Waals surface area contributed by atoms with Gasteiger partial charge in [0.1, 0.15) is 53.0 Å². The van der Waals surface area contributed by atoms with Gasteiger partial charge in [-0.25, -0.2) is 0 Å². The van der Waals surface area contributed by atoms with Gasteiger partial charge in [0.05, 0.1) is 12.7 Å². The predicted molar refractivity (Wildman–Crippen MR) is 134 cm³/mol. The van der Waals surface area contributed by atoms with Gasteiger partial charge in [0.2, 0.25) is 17.5 Å². The van der Waals surface area contributed by atoms with Crippen molar-refractivity contribution >= 4 is 11.0 Å². The van der Waals surface area contributed by atoms with Crippen molar-refractivity contribution < 1.29 is 69.3 Å². The Morgan fingerprint density at radius 1 is 0.829 bits per heavy atom. The molecule has 0 unspecified atom stereocenters. The first-order chi connectivity index (χ1) is 19.4. The van der Waals surface area contributed by atoms with Gasteiger partial charge >= 0.3 is 0 Å². The van der Waals surface area contributed by atoms with Crippen LogP contribution in [0.15, 0.2) is 39.5 Å². The third kappa shape index (κ3) is 5.25. The Balaban J connectivity index is 1.61. The van der Waals surface area contributed by atoms with E-state index < -0.39 is 101 Å². The number of aliphatic hydroxyl groups is 5. The Morgan fingerprint density at radius 2 is 1.56 bits per heavy atom. The molecular weight excluding hydrogens is 552 g/mol. The Hall–Kier alpha value is -3.67. The molecule has 222 valence electrons. The van der Waals surface area contributed by atoms with E-state index in [0.717, 1.165) is 24.3 Å². The van der Waals surface area contributed by atoms with Crippen LogP contribution in [-0.4, -0.2) is 108 Å². The quantitative estimate of drug-likeness (QED) is 0.163. The average Bonchev–Trinajstić information content (AvgIpc) is 2.92. The Kier molecular flexibility index (Phi) is 7.71. The number of fused-ring (bicyclic) bond motifs is 1. The maximum Gasteiger partial charge on any atom is 0.239 e. The van der Waals surface area contributed by atoms with E-state index in [9.17, 15) is 50.8 Å². The summed E-state index contributed by atoms with van der Waals surface area (Å²) >= 11 is 0. The van der Waals surface area contributed by atoms with Gasteiger partial charge in [-0.1, -0.05) is 0 Å². The van der Waals surface area contributed by atoms with Gasteiger partial charge in [0.15, 0.2) is 29.7 Å². The molecule has 2 aromatic carbocycles. The highest BCUT2D eigenvalue weighted by molar-refractivity contribution is 5.88. The van der Waals surface area contributed by atoms with E-state index in [4.69, 9.17) is 23.4 Å². The van der Waals surface area contributed by atoms with Crippen LogP contribution >= 0.6 is 0 Å². The molecule has 0 radical (unpaired) electrons. The van der Waals surface area contributed by atoms with E-state index in [1.807, 2.05) is 0 Å². The molecule has 0 aliphatic carbocycles. The van der Waals surface area contributed by atoms with Crippen molar-refractivity contribution in [1.82, 2.24) is 0 Å². The second-order valence-corrected chi connectivity index (χ2v) is 9.79. The van der Waals surface area contributed by atoms with Gasteiger partial charge in [0.25, 0.3) is 0 Å². The van der Waals surface area contributed by atoms with E-state index in [2.05, 4.69) is 0 Å². The zero-order chi connectivity index (χ0) is 29.7. The smallest absolute Gasteiger partial charge is 0.239 e. The summed E-state index contributed by atoms with van der Waals surface area (Å²) in [6.45, 7) is 0.953. The van der Waals surface area contributed by atoms with Crippen LogP contribution in [0.5, 0.6) is 28.7 Å². The zero-order valence-corrected chi connectivity index (χ0v) is 21.3. The molecule has 5 rings (SSSR count). The lowest BCUT2D eigenvalue weighted by molar-refractivity contribution is -0.341. The standard InChI is InChI=1S/C26H28O15/c1-8-17(32)20(35)24(41-25-21(36)18(33)14(31)7-37-25)26(38-8)40-23-19(34)16-13(30)5-10(27)6-15(16)39-22(23)9-2-3-11(28)12(29)4-9/h2-6,8,14,17-18,20-21,24-33,35-36H,7H2,1H3/t8-,14-,17+,18-,20+,21+,24+,25-,26+/m0/s1. The van der Waals surface area contributed by atoms with Crippen molar-refractivity contribution in [2.45, 2.75) is 62.2 Å². The van der Waals surface area contributed by atoms with Crippen molar-refractivity contribution in [3.8, 4) is 40.1 Å². The maximum atomic E-state index is 13.7. The lowest BCUT2D eigenvalue weighted by Crippen LogP contribution is -2.62. The second kappa shape index (κ2) is 11.0. The van der Waals surface area contributed by atoms with Crippen molar-refractivity contribution in [3.63, 3.8) is 0 Å². The van der Waals surface area contributed by atoms with Crippen molar-refractivity contribution in [1.29, 1.82) is 0 Å². The van der Waals surface area contributed by atoms with Crippen LogP contribution in [0, 0.1) is 0 Å². The summed E-state index contributed by atoms with van der Waals surface area (Å²) in [6.07, 6.45) is -14.3. The monoisotopic (exact) mass is 580 g/mol. The summed E-state index contributed by atoms with van der Waals surface area (Å²) in [5, 5.41) is 91.1. The molecule has 15 nitrogen and oxygen atoms in total. The van der Waals surface area contributed by atoms with Crippen LogP contribution in [0.3, 0.4) is 0 Å². The summed E-state index contributed by atoms with van der Waals surface area (Å²) < 4.78 is 28.2. The van der Waals surface area contributed by atoms with Crippen LogP contribution in [0.1, 0.15) is 6.92 Å². The minimum Gasteiger partial charge on any atom is -0.508 e. The average molecular weight is 580 g/mol. The van der Waals surface area contributed by atoms with Crippen LogP contribution in [-0.2, 0) is 14.2 Å². The first-order valence-corrected chi connectivity index (χ1v) is 12.4. The van der Waals surface area contributed by atoms with Gasteiger partial charge in [-0.3, -0.25) is 4.79 Å². The number of benzene rings is 2. The molecule has 2 aliphatic heterocycles. The van der Waals surface area contributed by atoms with Crippen molar-refractivity contribution in [2.24, 2.45) is 0 Å². The first-order valence-electron chi connectivity index (χ1n) is 12.4. The van der Waals surface area contributed by atoms with Gasteiger partial charge in [-0.2, -0.15) is 0 Å². The molecular formula is C26H28O15. The third-order valence-corrected chi connectivity index (χ3v) is 6.92.